The molecule has 0 aliphatic carbocycles. The van der Waals surface area contributed by atoms with Crippen molar-refractivity contribution in [1.82, 2.24) is 15.2 Å². The molecule has 6 nitrogen and oxygen atoms in total. The van der Waals surface area contributed by atoms with Crippen molar-refractivity contribution in [2.24, 2.45) is 0 Å². The summed E-state index contributed by atoms with van der Waals surface area (Å²) in [5.74, 6) is -0.291. The maximum absolute atomic E-state index is 11.4. The SMILES string of the molecule is COC(=O)c1cccc(-c2cnc(N)nn2)c1. The molecule has 0 amide bonds. The van der Waals surface area contributed by atoms with Crippen LogP contribution in [0.5, 0.6) is 0 Å². The summed E-state index contributed by atoms with van der Waals surface area (Å²) >= 11 is 0. The van der Waals surface area contributed by atoms with Gasteiger partial charge in [-0.3, -0.25) is 0 Å². The van der Waals surface area contributed by atoms with Crippen LogP contribution in [0.1, 0.15) is 10.4 Å². The zero-order chi connectivity index (χ0) is 12.3. The molecule has 0 aliphatic heterocycles. The first-order chi connectivity index (χ1) is 8.20. The van der Waals surface area contributed by atoms with Gasteiger partial charge in [-0.25, -0.2) is 9.78 Å². The lowest BCUT2D eigenvalue weighted by molar-refractivity contribution is 0.0601. The smallest absolute Gasteiger partial charge is 0.337 e. The lowest BCUT2D eigenvalue weighted by Gasteiger charge is -2.02. The molecule has 0 radical (unpaired) electrons. The van der Waals surface area contributed by atoms with Crippen LogP contribution in [0.3, 0.4) is 0 Å². The number of ether oxygens (including phenoxy) is 1. The van der Waals surface area contributed by atoms with E-state index < -0.39 is 5.97 Å². The predicted molar refractivity (Wildman–Crippen MR) is 61.0 cm³/mol. The molecule has 1 aromatic heterocycles. The van der Waals surface area contributed by atoms with Crippen molar-refractivity contribution in [3.05, 3.63) is 36.0 Å². The lowest BCUT2D eigenvalue weighted by Crippen LogP contribution is -2.02. The summed E-state index contributed by atoms with van der Waals surface area (Å²) in [6, 6.07) is 6.86. The molecule has 17 heavy (non-hydrogen) atoms. The van der Waals surface area contributed by atoms with Crippen LogP contribution in [-0.2, 0) is 4.74 Å². The molecule has 2 aromatic rings. The number of hydrogen-bond acceptors (Lipinski definition) is 6. The zero-order valence-corrected chi connectivity index (χ0v) is 9.12. The first-order valence-corrected chi connectivity index (χ1v) is 4.84. The van der Waals surface area contributed by atoms with Crippen LogP contribution >= 0.6 is 0 Å². The van der Waals surface area contributed by atoms with E-state index in [-0.39, 0.29) is 5.95 Å². The van der Waals surface area contributed by atoms with Gasteiger partial charge in [0.15, 0.2) is 0 Å². The fourth-order valence-electron chi connectivity index (χ4n) is 1.34. The molecule has 0 atom stereocenters. The molecule has 0 fully saturated rings. The van der Waals surface area contributed by atoms with E-state index in [1.165, 1.54) is 13.3 Å². The van der Waals surface area contributed by atoms with Crippen molar-refractivity contribution < 1.29 is 9.53 Å². The molecule has 0 aliphatic rings. The fraction of sp³-hybridized carbons (Fsp3) is 0.0909. The number of rotatable bonds is 2. The van der Waals surface area contributed by atoms with Gasteiger partial charge in [-0.1, -0.05) is 12.1 Å². The number of anilines is 1. The van der Waals surface area contributed by atoms with Crippen LogP contribution in [0.4, 0.5) is 5.95 Å². The number of nitrogen functional groups attached to an aromatic ring is 1. The van der Waals surface area contributed by atoms with Crippen molar-refractivity contribution in [2.45, 2.75) is 0 Å². The number of nitrogens with zero attached hydrogens (tertiary/aromatic N) is 3. The molecule has 0 bridgehead atoms. The lowest BCUT2D eigenvalue weighted by atomic mass is 10.1. The molecule has 6 heteroatoms. The van der Waals surface area contributed by atoms with Gasteiger partial charge in [0.05, 0.1) is 18.9 Å². The molecular weight excluding hydrogens is 220 g/mol. The Morgan fingerprint density at radius 3 is 2.82 bits per heavy atom. The number of carbonyl (C=O) groups excluding carboxylic acids is 1. The summed E-state index contributed by atoms with van der Waals surface area (Å²) < 4.78 is 4.64. The van der Waals surface area contributed by atoms with Crippen LogP contribution in [0, 0.1) is 0 Å². The molecule has 1 aromatic carbocycles. The normalized spacial score (nSPS) is 9.94. The molecule has 0 spiro atoms. The minimum atomic E-state index is -0.400. The second kappa shape index (κ2) is 4.56. The van der Waals surface area contributed by atoms with Gasteiger partial charge in [0.1, 0.15) is 5.69 Å². The molecule has 86 valence electrons. The van der Waals surface area contributed by atoms with E-state index >= 15 is 0 Å². The van der Waals surface area contributed by atoms with E-state index in [1.807, 2.05) is 0 Å². The van der Waals surface area contributed by atoms with Crippen molar-refractivity contribution in [3.8, 4) is 11.3 Å². The number of nitrogens with two attached hydrogens (primary N) is 1. The molecule has 0 unspecified atom stereocenters. The quantitative estimate of drug-likeness (QED) is 0.771. The Labute approximate surface area is 97.5 Å². The highest BCUT2D eigenvalue weighted by molar-refractivity contribution is 5.90. The van der Waals surface area contributed by atoms with Gasteiger partial charge in [0.25, 0.3) is 0 Å². The molecule has 1 heterocycles. The maximum atomic E-state index is 11.4. The van der Waals surface area contributed by atoms with Crippen LogP contribution < -0.4 is 5.73 Å². The fourth-order valence-corrected chi connectivity index (χ4v) is 1.34. The Hall–Kier alpha value is -2.50. The van der Waals surface area contributed by atoms with E-state index in [1.54, 1.807) is 24.3 Å². The number of esters is 1. The van der Waals surface area contributed by atoms with Crippen LogP contribution in [0.2, 0.25) is 0 Å². The van der Waals surface area contributed by atoms with Crippen molar-refractivity contribution >= 4 is 11.9 Å². The molecule has 0 saturated heterocycles. The molecule has 2 rings (SSSR count). The Kier molecular flexibility index (Phi) is 2.95. The third-order valence-corrected chi connectivity index (χ3v) is 2.16. The highest BCUT2D eigenvalue weighted by Crippen LogP contribution is 2.17. The van der Waals surface area contributed by atoms with Crippen molar-refractivity contribution in [2.75, 3.05) is 12.8 Å². The first kappa shape index (κ1) is 11.0. The Morgan fingerprint density at radius 1 is 1.35 bits per heavy atom. The number of hydrogen-bond donors (Lipinski definition) is 1. The standard InChI is InChI=1S/C11H10N4O2/c1-17-10(16)8-4-2-3-7(5-8)9-6-13-11(12)15-14-9/h2-6H,1H3,(H2,12,13,15). The Balaban J connectivity index is 2.39. The topological polar surface area (TPSA) is 91.0 Å². The van der Waals surface area contributed by atoms with Crippen molar-refractivity contribution in [3.63, 3.8) is 0 Å². The van der Waals surface area contributed by atoms with Gasteiger partial charge in [0.2, 0.25) is 5.95 Å². The highest BCUT2D eigenvalue weighted by atomic mass is 16.5. The van der Waals surface area contributed by atoms with E-state index in [9.17, 15) is 4.79 Å². The molecular formula is C11H10N4O2. The van der Waals surface area contributed by atoms with Crippen molar-refractivity contribution in [1.29, 1.82) is 0 Å². The number of aromatic nitrogens is 3. The minimum absolute atomic E-state index is 0.109. The monoisotopic (exact) mass is 230 g/mol. The van der Waals surface area contributed by atoms with E-state index in [2.05, 4.69) is 19.9 Å². The van der Waals surface area contributed by atoms with Crippen LogP contribution in [0.15, 0.2) is 30.5 Å². The summed E-state index contributed by atoms with van der Waals surface area (Å²) in [5.41, 5.74) is 7.07. The van der Waals surface area contributed by atoms with E-state index in [0.29, 0.717) is 11.3 Å². The van der Waals surface area contributed by atoms with Gasteiger partial charge in [-0.2, -0.15) is 0 Å². The Morgan fingerprint density at radius 2 is 2.18 bits per heavy atom. The third-order valence-electron chi connectivity index (χ3n) is 2.16. The number of benzene rings is 1. The average molecular weight is 230 g/mol. The summed E-state index contributed by atoms with van der Waals surface area (Å²) in [4.78, 5) is 15.2. The summed E-state index contributed by atoms with van der Waals surface area (Å²) in [6.45, 7) is 0. The summed E-state index contributed by atoms with van der Waals surface area (Å²) in [5, 5.41) is 7.54. The number of methoxy groups -OCH3 is 1. The summed E-state index contributed by atoms with van der Waals surface area (Å²) in [7, 11) is 1.33. The largest absolute Gasteiger partial charge is 0.465 e. The Bertz CT molecular complexity index is 539. The maximum Gasteiger partial charge on any atom is 0.337 e. The van der Waals surface area contributed by atoms with Gasteiger partial charge in [-0.15, -0.1) is 10.2 Å². The third kappa shape index (κ3) is 2.36. The average Bonchev–Trinajstić information content (AvgIpc) is 2.39. The second-order valence-electron chi connectivity index (χ2n) is 3.27. The summed E-state index contributed by atoms with van der Waals surface area (Å²) in [6.07, 6.45) is 1.50. The van der Waals surface area contributed by atoms with Gasteiger partial charge in [0, 0.05) is 5.56 Å². The van der Waals surface area contributed by atoms with Gasteiger partial charge < -0.3 is 10.5 Å². The number of carbonyl (C=O) groups is 1. The van der Waals surface area contributed by atoms with Crippen LogP contribution in [0.25, 0.3) is 11.3 Å². The van der Waals surface area contributed by atoms with Crippen LogP contribution in [-0.4, -0.2) is 28.3 Å². The van der Waals surface area contributed by atoms with E-state index in [4.69, 9.17) is 5.73 Å². The molecule has 2 N–H and O–H groups in total. The second-order valence-corrected chi connectivity index (χ2v) is 3.27. The zero-order valence-electron chi connectivity index (χ0n) is 9.12. The predicted octanol–water partition coefficient (Wildman–Crippen LogP) is 0.907. The first-order valence-electron chi connectivity index (χ1n) is 4.84. The minimum Gasteiger partial charge on any atom is -0.465 e. The molecule has 0 saturated carbocycles. The van der Waals surface area contributed by atoms with Gasteiger partial charge in [-0.05, 0) is 12.1 Å². The van der Waals surface area contributed by atoms with E-state index in [0.717, 1.165) is 5.56 Å². The highest BCUT2D eigenvalue weighted by Gasteiger charge is 2.07. The van der Waals surface area contributed by atoms with Gasteiger partial charge >= 0.3 is 5.97 Å².